The standard InChI is InChI=1S/C14H20O3S/c1-5-11-16-14(6-2,7-3)12-9-10-13(17-12)18(15)8-4/h1,9-10H,6-8,11H2,2-4H3. The van der Waals surface area contributed by atoms with Gasteiger partial charge in [0.1, 0.15) is 18.0 Å². The molecule has 1 heterocycles. The maximum absolute atomic E-state index is 11.7. The molecule has 4 heteroatoms. The van der Waals surface area contributed by atoms with E-state index in [1.54, 1.807) is 6.07 Å². The van der Waals surface area contributed by atoms with E-state index >= 15 is 0 Å². The fourth-order valence-electron chi connectivity index (χ4n) is 1.88. The van der Waals surface area contributed by atoms with Crippen molar-refractivity contribution in [3.05, 3.63) is 17.9 Å². The minimum absolute atomic E-state index is 0.245. The van der Waals surface area contributed by atoms with Crippen LogP contribution in [-0.2, 0) is 21.1 Å². The number of ether oxygens (including phenoxy) is 1. The molecule has 0 amide bonds. The summed E-state index contributed by atoms with van der Waals surface area (Å²) in [6, 6.07) is 3.60. The summed E-state index contributed by atoms with van der Waals surface area (Å²) in [5.41, 5.74) is -0.511. The lowest BCUT2D eigenvalue weighted by Gasteiger charge is -2.28. The van der Waals surface area contributed by atoms with E-state index in [1.165, 1.54) is 0 Å². The first-order chi connectivity index (χ1) is 8.63. The number of hydrogen-bond donors (Lipinski definition) is 0. The Hall–Kier alpha value is -1.05. The van der Waals surface area contributed by atoms with E-state index in [9.17, 15) is 4.21 Å². The molecule has 1 unspecified atom stereocenters. The van der Waals surface area contributed by atoms with Crippen LogP contribution >= 0.6 is 0 Å². The molecular formula is C14H20O3S. The zero-order valence-corrected chi connectivity index (χ0v) is 12.0. The molecule has 0 bridgehead atoms. The molecule has 0 saturated heterocycles. The summed E-state index contributed by atoms with van der Waals surface area (Å²) < 4.78 is 23.1. The Labute approximate surface area is 111 Å². The van der Waals surface area contributed by atoms with Gasteiger partial charge in [-0.3, -0.25) is 4.21 Å². The zero-order chi connectivity index (χ0) is 13.6. The van der Waals surface area contributed by atoms with E-state index in [1.807, 2.05) is 26.8 Å². The average molecular weight is 268 g/mol. The summed E-state index contributed by atoms with van der Waals surface area (Å²) in [6.45, 7) is 6.16. The van der Waals surface area contributed by atoms with Crippen molar-refractivity contribution < 1.29 is 13.4 Å². The predicted octanol–water partition coefficient (Wildman–Crippen LogP) is 3.07. The Morgan fingerprint density at radius 3 is 2.56 bits per heavy atom. The van der Waals surface area contributed by atoms with Crippen molar-refractivity contribution in [1.82, 2.24) is 0 Å². The fraction of sp³-hybridized carbons (Fsp3) is 0.571. The third-order valence-corrected chi connectivity index (χ3v) is 4.28. The van der Waals surface area contributed by atoms with Crippen molar-refractivity contribution >= 4 is 10.8 Å². The first-order valence-electron chi connectivity index (χ1n) is 6.19. The Morgan fingerprint density at radius 1 is 1.39 bits per heavy atom. The van der Waals surface area contributed by atoms with Gasteiger partial charge in [0.15, 0.2) is 5.09 Å². The molecule has 0 aromatic carbocycles. The molecule has 0 radical (unpaired) electrons. The molecule has 0 aliphatic rings. The zero-order valence-electron chi connectivity index (χ0n) is 11.2. The summed E-state index contributed by atoms with van der Waals surface area (Å²) >= 11 is 0. The lowest BCUT2D eigenvalue weighted by molar-refractivity contribution is -0.0574. The Bertz CT molecular complexity index is 438. The SMILES string of the molecule is C#CCOC(CC)(CC)c1ccc(S(=O)CC)o1. The molecule has 1 rings (SSSR count). The van der Waals surface area contributed by atoms with Crippen molar-refractivity contribution in [2.75, 3.05) is 12.4 Å². The van der Waals surface area contributed by atoms with Crippen molar-refractivity contribution in [2.24, 2.45) is 0 Å². The minimum atomic E-state index is -1.08. The maximum atomic E-state index is 11.7. The third kappa shape index (κ3) is 3.04. The van der Waals surface area contributed by atoms with Gasteiger partial charge in [-0.25, -0.2) is 0 Å². The second kappa shape index (κ2) is 6.77. The van der Waals surface area contributed by atoms with Crippen LogP contribution in [0.1, 0.15) is 39.4 Å². The second-order valence-corrected chi connectivity index (χ2v) is 5.62. The van der Waals surface area contributed by atoms with E-state index in [0.29, 0.717) is 16.6 Å². The van der Waals surface area contributed by atoms with Gasteiger partial charge in [-0.15, -0.1) is 6.42 Å². The number of terminal acetylenes is 1. The van der Waals surface area contributed by atoms with E-state index in [-0.39, 0.29) is 6.61 Å². The van der Waals surface area contributed by atoms with Gasteiger partial charge in [0.05, 0.1) is 10.8 Å². The number of rotatable bonds is 7. The van der Waals surface area contributed by atoms with Crippen molar-refractivity contribution in [2.45, 2.75) is 44.3 Å². The summed E-state index contributed by atoms with van der Waals surface area (Å²) in [4.78, 5) is 0. The molecule has 100 valence electrons. The van der Waals surface area contributed by atoms with Gasteiger partial charge in [0.25, 0.3) is 0 Å². The van der Waals surface area contributed by atoms with E-state index in [4.69, 9.17) is 15.6 Å². The normalized spacial score (nSPS) is 13.2. The molecule has 0 aliphatic carbocycles. The van der Waals surface area contributed by atoms with Gasteiger partial charge < -0.3 is 9.15 Å². The first kappa shape index (κ1) is 15.0. The number of furan rings is 1. The van der Waals surface area contributed by atoms with Gasteiger partial charge in [-0.1, -0.05) is 26.7 Å². The largest absolute Gasteiger partial charge is 0.449 e. The number of hydrogen-bond acceptors (Lipinski definition) is 3. The monoisotopic (exact) mass is 268 g/mol. The highest BCUT2D eigenvalue weighted by atomic mass is 32.2. The van der Waals surface area contributed by atoms with Gasteiger partial charge in [0.2, 0.25) is 0 Å². The van der Waals surface area contributed by atoms with Crippen LogP contribution in [0.3, 0.4) is 0 Å². The molecule has 0 aliphatic heterocycles. The molecule has 1 aromatic rings. The van der Waals surface area contributed by atoms with Gasteiger partial charge >= 0.3 is 0 Å². The van der Waals surface area contributed by atoms with Crippen LogP contribution < -0.4 is 0 Å². The Balaban J connectivity index is 3.03. The van der Waals surface area contributed by atoms with E-state index in [0.717, 1.165) is 12.8 Å². The van der Waals surface area contributed by atoms with Crippen LogP contribution in [-0.4, -0.2) is 16.6 Å². The van der Waals surface area contributed by atoms with Crippen molar-refractivity contribution in [3.8, 4) is 12.3 Å². The highest BCUT2D eigenvalue weighted by Gasteiger charge is 2.33. The molecule has 3 nitrogen and oxygen atoms in total. The van der Waals surface area contributed by atoms with Crippen molar-refractivity contribution in [1.29, 1.82) is 0 Å². The molecule has 18 heavy (non-hydrogen) atoms. The van der Waals surface area contributed by atoms with Crippen LogP contribution in [0.5, 0.6) is 0 Å². The predicted molar refractivity (Wildman–Crippen MR) is 72.7 cm³/mol. The molecule has 0 spiro atoms. The first-order valence-corrected chi connectivity index (χ1v) is 7.51. The van der Waals surface area contributed by atoms with E-state index < -0.39 is 16.4 Å². The lowest BCUT2D eigenvalue weighted by atomic mass is 9.94. The van der Waals surface area contributed by atoms with Crippen LogP contribution in [0.4, 0.5) is 0 Å². The summed E-state index contributed by atoms with van der Waals surface area (Å²) in [5.74, 6) is 3.73. The summed E-state index contributed by atoms with van der Waals surface area (Å²) in [5, 5.41) is 0.503. The molecule has 0 saturated carbocycles. The summed E-state index contributed by atoms with van der Waals surface area (Å²) in [7, 11) is -1.08. The van der Waals surface area contributed by atoms with Crippen molar-refractivity contribution in [3.63, 3.8) is 0 Å². The Morgan fingerprint density at radius 2 is 2.06 bits per heavy atom. The minimum Gasteiger partial charge on any atom is -0.449 e. The molecule has 0 N–H and O–H groups in total. The van der Waals surface area contributed by atoms with Gasteiger partial charge in [0, 0.05) is 5.75 Å². The molecule has 0 fully saturated rings. The highest BCUT2D eigenvalue weighted by Crippen LogP contribution is 2.34. The van der Waals surface area contributed by atoms with Crippen LogP contribution in [0.15, 0.2) is 21.6 Å². The third-order valence-electron chi connectivity index (χ3n) is 3.09. The molecule has 1 atom stereocenters. The van der Waals surface area contributed by atoms with Gasteiger partial charge in [-0.05, 0) is 25.0 Å². The van der Waals surface area contributed by atoms with Crippen LogP contribution in [0.2, 0.25) is 0 Å². The average Bonchev–Trinajstić information content (AvgIpc) is 2.90. The smallest absolute Gasteiger partial charge is 0.190 e. The fourth-order valence-corrected chi connectivity index (χ4v) is 2.57. The van der Waals surface area contributed by atoms with Crippen LogP contribution in [0.25, 0.3) is 0 Å². The molecule has 1 aromatic heterocycles. The Kier molecular flexibility index (Phi) is 5.64. The van der Waals surface area contributed by atoms with E-state index in [2.05, 4.69) is 5.92 Å². The topological polar surface area (TPSA) is 39.4 Å². The second-order valence-electron chi connectivity index (χ2n) is 3.95. The molecular weight excluding hydrogens is 248 g/mol. The lowest BCUT2D eigenvalue weighted by Crippen LogP contribution is -2.28. The highest BCUT2D eigenvalue weighted by molar-refractivity contribution is 7.84. The van der Waals surface area contributed by atoms with Crippen LogP contribution in [0, 0.1) is 12.3 Å². The van der Waals surface area contributed by atoms with Gasteiger partial charge in [-0.2, -0.15) is 0 Å². The maximum Gasteiger partial charge on any atom is 0.190 e. The quantitative estimate of drug-likeness (QED) is 0.713. The summed E-state index contributed by atoms with van der Waals surface area (Å²) in [6.07, 6.45) is 6.77.